The number of aryl methyl sites for hydroxylation is 1. The third-order valence-electron chi connectivity index (χ3n) is 3.96. The summed E-state index contributed by atoms with van der Waals surface area (Å²) in [4.78, 5) is 12.9. The lowest BCUT2D eigenvalue weighted by atomic mass is 9.94. The topological polar surface area (TPSA) is 66.8 Å². The van der Waals surface area contributed by atoms with E-state index in [2.05, 4.69) is 0 Å². The number of unbranched alkanes of at least 4 members (excludes halogenated alkanes) is 1. The van der Waals surface area contributed by atoms with E-state index in [0.717, 1.165) is 18.4 Å². The zero-order chi connectivity index (χ0) is 17.0. The van der Waals surface area contributed by atoms with E-state index >= 15 is 0 Å². The second-order valence-electron chi connectivity index (χ2n) is 5.55. The van der Waals surface area contributed by atoms with Gasteiger partial charge in [0.15, 0.2) is 0 Å². The molecule has 0 saturated carbocycles. The maximum Gasteiger partial charge on any atom is 0.200 e. The Morgan fingerprint density at radius 2 is 1.91 bits per heavy atom. The maximum atomic E-state index is 12.9. The quantitative estimate of drug-likeness (QED) is 0.791. The number of carbonyl (C=O) groups excluding carboxylic acids is 1. The van der Waals surface area contributed by atoms with Crippen molar-refractivity contribution in [3.05, 3.63) is 52.6 Å². The van der Waals surface area contributed by atoms with Crippen molar-refractivity contribution in [2.45, 2.75) is 33.1 Å². The Morgan fingerprint density at radius 3 is 2.52 bits per heavy atom. The van der Waals surface area contributed by atoms with E-state index < -0.39 is 0 Å². The van der Waals surface area contributed by atoms with Crippen LogP contribution in [0.25, 0.3) is 0 Å². The molecule has 23 heavy (non-hydrogen) atoms. The molecule has 4 nitrogen and oxygen atoms in total. The van der Waals surface area contributed by atoms with E-state index in [4.69, 9.17) is 4.74 Å². The second-order valence-corrected chi connectivity index (χ2v) is 5.55. The van der Waals surface area contributed by atoms with Crippen molar-refractivity contribution in [2.75, 3.05) is 7.11 Å². The lowest BCUT2D eigenvalue weighted by Crippen LogP contribution is -2.08. The van der Waals surface area contributed by atoms with Crippen molar-refractivity contribution in [1.29, 1.82) is 0 Å². The van der Waals surface area contributed by atoms with E-state index in [1.807, 2.05) is 26.0 Å². The molecule has 2 rings (SSSR count). The van der Waals surface area contributed by atoms with Crippen LogP contribution in [0.15, 0.2) is 30.3 Å². The first kappa shape index (κ1) is 16.9. The minimum Gasteiger partial charge on any atom is -0.507 e. The highest BCUT2D eigenvalue weighted by Crippen LogP contribution is 2.40. The van der Waals surface area contributed by atoms with Gasteiger partial charge in [0.1, 0.15) is 22.8 Å². The van der Waals surface area contributed by atoms with E-state index in [0.29, 0.717) is 17.5 Å². The van der Waals surface area contributed by atoms with Crippen LogP contribution < -0.4 is 4.74 Å². The molecule has 2 aromatic rings. The number of phenols is 2. The number of hydrogen-bond donors (Lipinski definition) is 2. The van der Waals surface area contributed by atoms with Gasteiger partial charge < -0.3 is 14.9 Å². The number of ether oxygens (including phenoxy) is 1. The molecule has 2 N–H and O–H groups in total. The van der Waals surface area contributed by atoms with Gasteiger partial charge in [-0.2, -0.15) is 0 Å². The molecule has 0 aromatic heterocycles. The highest BCUT2D eigenvalue weighted by molar-refractivity contribution is 6.13. The molecule has 0 unspecified atom stereocenters. The maximum absolute atomic E-state index is 12.9. The molecule has 0 heterocycles. The summed E-state index contributed by atoms with van der Waals surface area (Å²) in [7, 11) is 1.41. The van der Waals surface area contributed by atoms with Gasteiger partial charge >= 0.3 is 0 Å². The first-order valence-corrected chi connectivity index (χ1v) is 7.73. The van der Waals surface area contributed by atoms with Gasteiger partial charge in [0.05, 0.1) is 7.11 Å². The molecule has 0 atom stereocenters. The largest absolute Gasteiger partial charge is 0.507 e. The fourth-order valence-corrected chi connectivity index (χ4v) is 2.62. The lowest BCUT2D eigenvalue weighted by molar-refractivity contribution is 0.103. The Morgan fingerprint density at radius 1 is 1.22 bits per heavy atom. The Hall–Kier alpha value is -2.49. The average Bonchev–Trinajstić information content (AvgIpc) is 2.54. The lowest BCUT2D eigenvalue weighted by Gasteiger charge is -2.15. The van der Waals surface area contributed by atoms with Crippen LogP contribution in [0.5, 0.6) is 17.2 Å². The van der Waals surface area contributed by atoms with Gasteiger partial charge in [0.25, 0.3) is 0 Å². The molecule has 0 spiro atoms. The molecule has 0 aliphatic carbocycles. The van der Waals surface area contributed by atoms with Crippen LogP contribution in [0.2, 0.25) is 0 Å². The Balaban J connectivity index is 2.60. The first-order chi connectivity index (χ1) is 11.0. The minimum absolute atomic E-state index is 0.0471. The molecule has 122 valence electrons. The molecular formula is C19H22O4. The Kier molecular flexibility index (Phi) is 5.27. The Bertz CT molecular complexity index is 720. The van der Waals surface area contributed by atoms with Gasteiger partial charge in [0.2, 0.25) is 5.78 Å². The summed E-state index contributed by atoms with van der Waals surface area (Å²) in [5, 5.41) is 20.7. The van der Waals surface area contributed by atoms with E-state index in [-0.39, 0.29) is 28.6 Å². The van der Waals surface area contributed by atoms with Gasteiger partial charge in [-0.3, -0.25) is 4.79 Å². The standard InChI is InChI=1S/C19H22O4/c1-4-5-9-14-15(20)11-16(23-3)17(19(14)22)18(21)13-10-7-6-8-12(13)2/h6-8,10-11,20,22H,4-5,9H2,1-3H3. The molecule has 0 saturated heterocycles. The average molecular weight is 314 g/mol. The van der Waals surface area contributed by atoms with Crippen LogP contribution in [-0.2, 0) is 6.42 Å². The molecule has 0 amide bonds. The van der Waals surface area contributed by atoms with E-state index in [9.17, 15) is 15.0 Å². The second kappa shape index (κ2) is 7.18. The number of methoxy groups -OCH3 is 1. The van der Waals surface area contributed by atoms with E-state index in [1.54, 1.807) is 12.1 Å². The molecule has 4 heteroatoms. The van der Waals surface area contributed by atoms with Crippen LogP contribution in [0, 0.1) is 6.92 Å². The number of ketones is 1. The molecule has 0 bridgehead atoms. The fraction of sp³-hybridized carbons (Fsp3) is 0.316. The number of rotatable bonds is 6. The van der Waals surface area contributed by atoms with E-state index in [1.165, 1.54) is 13.2 Å². The monoisotopic (exact) mass is 314 g/mol. The highest BCUT2D eigenvalue weighted by Gasteiger charge is 2.25. The van der Waals surface area contributed by atoms with Crippen molar-refractivity contribution in [2.24, 2.45) is 0 Å². The molecule has 0 radical (unpaired) electrons. The third kappa shape index (κ3) is 3.31. The number of carbonyl (C=O) groups is 1. The molecule has 0 fully saturated rings. The SMILES string of the molecule is CCCCc1c(O)cc(OC)c(C(=O)c2ccccc2C)c1O. The third-order valence-corrected chi connectivity index (χ3v) is 3.96. The number of benzene rings is 2. The van der Waals surface area contributed by atoms with Crippen LogP contribution in [0.1, 0.15) is 46.8 Å². The minimum atomic E-state index is -0.310. The highest BCUT2D eigenvalue weighted by atomic mass is 16.5. The summed E-state index contributed by atoms with van der Waals surface area (Å²) >= 11 is 0. The van der Waals surface area contributed by atoms with Crippen LogP contribution >= 0.6 is 0 Å². The molecular weight excluding hydrogens is 292 g/mol. The fourth-order valence-electron chi connectivity index (χ4n) is 2.62. The van der Waals surface area contributed by atoms with Gasteiger partial charge in [-0.25, -0.2) is 0 Å². The summed E-state index contributed by atoms with van der Waals surface area (Å²) in [6, 6.07) is 8.59. The zero-order valence-corrected chi connectivity index (χ0v) is 13.7. The predicted molar refractivity (Wildman–Crippen MR) is 89.5 cm³/mol. The smallest absolute Gasteiger partial charge is 0.200 e. The predicted octanol–water partition coefficient (Wildman–Crippen LogP) is 3.99. The van der Waals surface area contributed by atoms with Crippen molar-refractivity contribution in [1.82, 2.24) is 0 Å². The molecule has 0 aliphatic rings. The summed E-state index contributed by atoms with van der Waals surface area (Å²) in [5.74, 6) is -0.374. The first-order valence-electron chi connectivity index (χ1n) is 7.73. The van der Waals surface area contributed by atoms with Gasteiger partial charge in [-0.05, 0) is 25.3 Å². The summed E-state index contributed by atoms with van der Waals surface area (Å²) < 4.78 is 5.21. The zero-order valence-electron chi connectivity index (χ0n) is 13.7. The summed E-state index contributed by atoms with van der Waals surface area (Å²) in [6.45, 7) is 3.87. The van der Waals surface area contributed by atoms with Crippen LogP contribution in [0.3, 0.4) is 0 Å². The number of hydrogen-bond acceptors (Lipinski definition) is 4. The number of phenolic OH excluding ortho intramolecular Hbond substituents is 2. The molecule has 0 aliphatic heterocycles. The normalized spacial score (nSPS) is 10.6. The van der Waals surface area contributed by atoms with Crippen molar-refractivity contribution < 1.29 is 19.7 Å². The number of aromatic hydroxyl groups is 2. The van der Waals surface area contributed by atoms with Crippen LogP contribution in [-0.4, -0.2) is 23.1 Å². The van der Waals surface area contributed by atoms with Crippen LogP contribution in [0.4, 0.5) is 0 Å². The van der Waals surface area contributed by atoms with Crippen molar-refractivity contribution in [3.8, 4) is 17.2 Å². The van der Waals surface area contributed by atoms with Gasteiger partial charge in [0, 0.05) is 17.2 Å². The summed E-state index contributed by atoms with van der Waals surface area (Å²) in [5.41, 5.74) is 1.82. The Labute approximate surface area is 136 Å². The van der Waals surface area contributed by atoms with Gasteiger partial charge in [-0.15, -0.1) is 0 Å². The molecule has 2 aromatic carbocycles. The summed E-state index contributed by atoms with van der Waals surface area (Å²) in [6.07, 6.45) is 2.24. The van der Waals surface area contributed by atoms with Gasteiger partial charge in [-0.1, -0.05) is 37.6 Å². The van der Waals surface area contributed by atoms with Crippen molar-refractivity contribution in [3.63, 3.8) is 0 Å². The van der Waals surface area contributed by atoms with Crippen molar-refractivity contribution >= 4 is 5.78 Å².